The van der Waals surface area contributed by atoms with Crippen LogP contribution in [0.4, 0.5) is 0 Å². The summed E-state index contributed by atoms with van der Waals surface area (Å²) in [4.78, 5) is 13.5. The number of amides is 1. The minimum absolute atomic E-state index is 0.112. The zero-order chi connectivity index (χ0) is 11.5. The SMILES string of the molecule is CC(CN1CCn2cnnc2C1)C(=O)NN. The predicted molar refractivity (Wildman–Crippen MR) is 56.8 cm³/mol. The molecule has 0 spiro atoms. The van der Waals surface area contributed by atoms with Crippen molar-refractivity contribution in [3.8, 4) is 0 Å². The van der Waals surface area contributed by atoms with Crippen molar-refractivity contribution in [3.05, 3.63) is 12.2 Å². The maximum Gasteiger partial charge on any atom is 0.237 e. The van der Waals surface area contributed by atoms with Crippen molar-refractivity contribution in [2.45, 2.75) is 20.0 Å². The summed E-state index contributed by atoms with van der Waals surface area (Å²) in [5, 5.41) is 7.88. The largest absolute Gasteiger partial charge is 0.315 e. The van der Waals surface area contributed by atoms with Crippen molar-refractivity contribution in [1.82, 2.24) is 25.1 Å². The molecule has 2 rings (SSSR count). The Morgan fingerprint density at radius 2 is 2.50 bits per heavy atom. The number of hydrogen-bond donors (Lipinski definition) is 2. The van der Waals surface area contributed by atoms with Crippen LogP contribution in [0.5, 0.6) is 0 Å². The Balaban J connectivity index is 1.92. The summed E-state index contributed by atoms with van der Waals surface area (Å²) in [5.41, 5.74) is 2.17. The lowest BCUT2D eigenvalue weighted by Crippen LogP contribution is -2.42. The first kappa shape index (κ1) is 11.0. The maximum atomic E-state index is 11.3. The number of nitrogens with zero attached hydrogens (tertiary/aromatic N) is 4. The number of carbonyl (C=O) groups excluding carboxylic acids is 1. The van der Waals surface area contributed by atoms with Gasteiger partial charge in [-0.05, 0) is 0 Å². The standard InChI is InChI=1S/C9H16N6O/c1-7(9(16)12-10)4-14-2-3-15-6-11-13-8(15)5-14/h6-7H,2-5,10H2,1H3,(H,12,16). The van der Waals surface area contributed by atoms with E-state index in [1.54, 1.807) is 6.33 Å². The van der Waals surface area contributed by atoms with Gasteiger partial charge in [0, 0.05) is 25.6 Å². The Hall–Kier alpha value is -1.47. The lowest BCUT2D eigenvalue weighted by molar-refractivity contribution is -0.125. The van der Waals surface area contributed by atoms with Gasteiger partial charge in [-0.25, -0.2) is 5.84 Å². The van der Waals surface area contributed by atoms with E-state index in [4.69, 9.17) is 5.84 Å². The number of nitrogens with two attached hydrogens (primary N) is 1. The van der Waals surface area contributed by atoms with Gasteiger partial charge in [-0.1, -0.05) is 6.92 Å². The average Bonchev–Trinajstić information content (AvgIpc) is 2.75. The second-order valence-electron chi connectivity index (χ2n) is 4.09. The van der Waals surface area contributed by atoms with Crippen LogP contribution in [0.15, 0.2) is 6.33 Å². The van der Waals surface area contributed by atoms with E-state index in [9.17, 15) is 4.79 Å². The van der Waals surface area contributed by atoms with E-state index in [2.05, 4.69) is 20.5 Å². The number of hydrazine groups is 1. The highest BCUT2D eigenvalue weighted by Gasteiger charge is 2.21. The minimum atomic E-state index is -0.132. The Morgan fingerprint density at radius 3 is 3.25 bits per heavy atom. The van der Waals surface area contributed by atoms with Gasteiger partial charge in [0.05, 0.1) is 6.54 Å². The summed E-state index contributed by atoms with van der Waals surface area (Å²) in [6.45, 7) is 5.08. The molecule has 1 amide bonds. The zero-order valence-corrected chi connectivity index (χ0v) is 9.26. The van der Waals surface area contributed by atoms with Crippen LogP contribution in [-0.2, 0) is 17.9 Å². The van der Waals surface area contributed by atoms with Gasteiger partial charge in [-0.2, -0.15) is 0 Å². The maximum absolute atomic E-state index is 11.3. The van der Waals surface area contributed by atoms with Crippen LogP contribution in [0.3, 0.4) is 0 Å². The molecule has 0 aliphatic carbocycles. The molecule has 0 aromatic carbocycles. The van der Waals surface area contributed by atoms with Gasteiger partial charge >= 0.3 is 0 Å². The third-order valence-electron chi connectivity index (χ3n) is 2.84. The Morgan fingerprint density at radius 1 is 1.69 bits per heavy atom. The van der Waals surface area contributed by atoms with Crippen molar-refractivity contribution in [1.29, 1.82) is 0 Å². The normalized spacial score (nSPS) is 17.9. The molecular formula is C9H16N6O. The molecule has 0 saturated carbocycles. The number of rotatable bonds is 3. The number of aromatic nitrogens is 3. The molecule has 1 aliphatic heterocycles. The summed E-state index contributed by atoms with van der Waals surface area (Å²) >= 11 is 0. The number of hydrogen-bond acceptors (Lipinski definition) is 5. The van der Waals surface area contributed by atoms with Crippen LogP contribution >= 0.6 is 0 Å². The molecule has 0 saturated heterocycles. The Bertz CT molecular complexity index is 376. The fraction of sp³-hybridized carbons (Fsp3) is 0.667. The minimum Gasteiger partial charge on any atom is -0.315 e. The van der Waals surface area contributed by atoms with Gasteiger partial charge in [0.2, 0.25) is 5.91 Å². The van der Waals surface area contributed by atoms with E-state index in [1.165, 1.54) is 0 Å². The molecule has 3 N–H and O–H groups in total. The highest BCUT2D eigenvalue weighted by molar-refractivity contribution is 5.77. The van der Waals surface area contributed by atoms with Crippen molar-refractivity contribution >= 4 is 5.91 Å². The van der Waals surface area contributed by atoms with E-state index >= 15 is 0 Å². The van der Waals surface area contributed by atoms with Crippen LogP contribution in [0.2, 0.25) is 0 Å². The Labute approximate surface area is 93.6 Å². The van der Waals surface area contributed by atoms with Crippen LogP contribution in [-0.4, -0.2) is 38.7 Å². The van der Waals surface area contributed by atoms with Crippen LogP contribution in [0, 0.1) is 5.92 Å². The third-order valence-corrected chi connectivity index (χ3v) is 2.84. The van der Waals surface area contributed by atoms with Gasteiger partial charge in [-0.3, -0.25) is 15.1 Å². The number of fused-ring (bicyclic) bond motifs is 1. The average molecular weight is 224 g/mol. The molecule has 7 nitrogen and oxygen atoms in total. The van der Waals surface area contributed by atoms with Crippen molar-refractivity contribution in [2.24, 2.45) is 11.8 Å². The van der Waals surface area contributed by atoms with Crippen molar-refractivity contribution < 1.29 is 4.79 Å². The molecule has 1 aromatic rings. The molecule has 1 aliphatic rings. The molecule has 0 bridgehead atoms. The molecule has 16 heavy (non-hydrogen) atoms. The third kappa shape index (κ3) is 2.20. The Kier molecular flexibility index (Phi) is 3.16. The molecule has 1 unspecified atom stereocenters. The second-order valence-corrected chi connectivity index (χ2v) is 4.09. The number of nitrogens with one attached hydrogen (secondary N) is 1. The fourth-order valence-electron chi connectivity index (χ4n) is 1.88. The van der Waals surface area contributed by atoms with Gasteiger partial charge in [0.25, 0.3) is 0 Å². The van der Waals surface area contributed by atoms with Gasteiger partial charge < -0.3 is 4.57 Å². The summed E-state index contributed by atoms with van der Waals surface area (Å²) in [6, 6.07) is 0. The smallest absolute Gasteiger partial charge is 0.237 e. The van der Waals surface area contributed by atoms with Gasteiger partial charge in [0.15, 0.2) is 0 Å². The van der Waals surface area contributed by atoms with Crippen molar-refractivity contribution in [3.63, 3.8) is 0 Å². The monoisotopic (exact) mass is 224 g/mol. The van der Waals surface area contributed by atoms with Crippen LogP contribution in [0.1, 0.15) is 12.7 Å². The predicted octanol–water partition coefficient (Wildman–Crippen LogP) is -1.28. The zero-order valence-electron chi connectivity index (χ0n) is 9.26. The summed E-state index contributed by atoms with van der Waals surface area (Å²) < 4.78 is 2.03. The van der Waals surface area contributed by atoms with E-state index in [0.717, 1.165) is 25.5 Å². The van der Waals surface area contributed by atoms with Crippen molar-refractivity contribution in [2.75, 3.05) is 13.1 Å². The molecule has 0 radical (unpaired) electrons. The lowest BCUT2D eigenvalue weighted by Gasteiger charge is -2.28. The lowest BCUT2D eigenvalue weighted by atomic mass is 10.1. The highest BCUT2D eigenvalue weighted by atomic mass is 16.2. The molecular weight excluding hydrogens is 208 g/mol. The van der Waals surface area contributed by atoms with Gasteiger partial charge in [0.1, 0.15) is 12.2 Å². The first-order valence-corrected chi connectivity index (χ1v) is 5.30. The van der Waals surface area contributed by atoms with E-state index in [-0.39, 0.29) is 11.8 Å². The first-order chi connectivity index (χ1) is 7.70. The van der Waals surface area contributed by atoms with E-state index < -0.39 is 0 Å². The summed E-state index contributed by atoms with van der Waals surface area (Å²) in [7, 11) is 0. The van der Waals surface area contributed by atoms with E-state index in [0.29, 0.717) is 6.54 Å². The van der Waals surface area contributed by atoms with Crippen LogP contribution < -0.4 is 11.3 Å². The first-order valence-electron chi connectivity index (χ1n) is 5.30. The molecule has 7 heteroatoms. The van der Waals surface area contributed by atoms with Crippen LogP contribution in [0.25, 0.3) is 0 Å². The van der Waals surface area contributed by atoms with E-state index in [1.807, 2.05) is 11.5 Å². The summed E-state index contributed by atoms with van der Waals surface area (Å²) in [6.07, 6.45) is 1.74. The fourth-order valence-corrected chi connectivity index (χ4v) is 1.88. The molecule has 88 valence electrons. The quantitative estimate of drug-likeness (QED) is 0.379. The summed E-state index contributed by atoms with van der Waals surface area (Å²) in [5.74, 6) is 5.80. The number of carbonyl (C=O) groups is 1. The second kappa shape index (κ2) is 4.58. The van der Waals surface area contributed by atoms with Gasteiger partial charge in [-0.15, -0.1) is 10.2 Å². The molecule has 2 heterocycles. The topological polar surface area (TPSA) is 89.1 Å². The molecule has 1 atom stereocenters. The highest BCUT2D eigenvalue weighted by Crippen LogP contribution is 2.11. The molecule has 1 aromatic heterocycles. The molecule has 0 fully saturated rings.